The van der Waals surface area contributed by atoms with E-state index in [1.54, 1.807) is 6.08 Å². The van der Waals surface area contributed by atoms with Crippen LogP contribution in [0.2, 0.25) is 0 Å². The van der Waals surface area contributed by atoms with Gasteiger partial charge in [-0.2, -0.15) is 0 Å². The van der Waals surface area contributed by atoms with E-state index in [0.29, 0.717) is 55.3 Å². The fourth-order valence-corrected chi connectivity index (χ4v) is 3.10. The molecule has 0 saturated carbocycles. The number of ether oxygens (including phenoxy) is 1. The summed E-state index contributed by atoms with van der Waals surface area (Å²) in [5.41, 5.74) is -0.109. The molecule has 1 aromatic rings. The Balaban J connectivity index is 1.98. The van der Waals surface area contributed by atoms with Crippen molar-refractivity contribution in [2.45, 2.75) is 0 Å². The van der Waals surface area contributed by atoms with E-state index in [0.717, 1.165) is 0 Å². The largest absolute Gasteiger partial charge is 0.378 e. The van der Waals surface area contributed by atoms with E-state index in [1.165, 1.54) is 18.1 Å². The average molecular weight is 384 g/mol. The van der Waals surface area contributed by atoms with E-state index in [-0.39, 0.29) is 11.5 Å². The van der Waals surface area contributed by atoms with Gasteiger partial charge in [0.05, 0.1) is 18.1 Å². The molecule has 1 fully saturated rings. The van der Waals surface area contributed by atoms with Gasteiger partial charge in [-0.15, -0.1) is 6.58 Å². The van der Waals surface area contributed by atoms with E-state index in [1.807, 2.05) is 4.90 Å². The summed E-state index contributed by atoms with van der Waals surface area (Å²) in [6, 6.07) is 0. The Labute approximate surface area is 155 Å². The molecule has 1 saturated heterocycles. The van der Waals surface area contributed by atoms with Gasteiger partial charge in [0.2, 0.25) is 11.6 Å². The second-order valence-corrected chi connectivity index (χ2v) is 6.76. The molecule has 0 aromatic carbocycles. The van der Waals surface area contributed by atoms with Crippen LogP contribution in [0.3, 0.4) is 0 Å². The van der Waals surface area contributed by atoms with Crippen molar-refractivity contribution in [3.05, 3.63) is 29.1 Å². The molecule has 0 radical (unpaired) electrons. The second kappa shape index (κ2) is 10.1. The number of rotatable bonds is 8. The van der Waals surface area contributed by atoms with Crippen LogP contribution >= 0.6 is 24.0 Å². The summed E-state index contributed by atoms with van der Waals surface area (Å²) in [5, 5.41) is 17.5. The summed E-state index contributed by atoms with van der Waals surface area (Å²) in [7, 11) is 0. The zero-order valence-electron chi connectivity index (χ0n) is 13.6. The second-order valence-electron chi connectivity index (χ2n) is 4.98. The number of thiocarbonyl (C=S) groups is 1. The van der Waals surface area contributed by atoms with Crippen molar-refractivity contribution >= 4 is 45.6 Å². The first-order valence-corrected chi connectivity index (χ1v) is 9.10. The van der Waals surface area contributed by atoms with Crippen LogP contribution in [-0.4, -0.2) is 64.4 Å². The molecule has 2 N–H and O–H groups in total. The predicted molar refractivity (Wildman–Crippen MR) is 103 cm³/mol. The molecule has 2 heterocycles. The number of hydrogen-bond donors (Lipinski definition) is 2. The maximum Gasteiger partial charge on any atom is 0.353 e. The summed E-state index contributed by atoms with van der Waals surface area (Å²) < 4.78 is 5.94. The third-order valence-corrected chi connectivity index (χ3v) is 4.63. The van der Waals surface area contributed by atoms with Crippen molar-refractivity contribution in [2.75, 3.05) is 55.4 Å². The Morgan fingerprint density at radius 1 is 1.52 bits per heavy atom. The van der Waals surface area contributed by atoms with Crippen LogP contribution < -0.4 is 15.5 Å². The molecule has 0 unspecified atom stereocenters. The van der Waals surface area contributed by atoms with Crippen LogP contribution in [0.25, 0.3) is 0 Å². The molecular weight excluding hydrogens is 364 g/mol. The van der Waals surface area contributed by atoms with Crippen LogP contribution in [0, 0.1) is 10.1 Å². The highest BCUT2D eigenvalue weighted by Crippen LogP contribution is 2.32. The lowest BCUT2D eigenvalue weighted by Crippen LogP contribution is -2.37. The Kier molecular flexibility index (Phi) is 7.82. The van der Waals surface area contributed by atoms with Gasteiger partial charge in [0.15, 0.2) is 0 Å². The summed E-state index contributed by atoms with van der Waals surface area (Å²) in [6.07, 6.45) is 3.06. The van der Waals surface area contributed by atoms with Gasteiger partial charge in [0.1, 0.15) is 10.6 Å². The van der Waals surface area contributed by atoms with Crippen molar-refractivity contribution in [3.8, 4) is 0 Å². The fraction of sp³-hybridized carbons (Fsp3) is 0.500. The molecule has 25 heavy (non-hydrogen) atoms. The molecule has 136 valence electrons. The molecule has 1 aliphatic heterocycles. The van der Waals surface area contributed by atoms with Crippen molar-refractivity contribution in [2.24, 2.45) is 0 Å². The summed E-state index contributed by atoms with van der Waals surface area (Å²) >= 11 is 6.60. The minimum Gasteiger partial charge on any atom is -0.378 e. The molecule has 0 aliphatic carbocycles. The molecule has 2 rings (SSSR count). The molecule has 0 atom stereocenters. The van der Waals surface area contributed by atoms with E-state index in [4.69, 9.17) is 17.0 Å². The van der Waals surface area contributed by atoms with Gasteiger partial charge < -0.3 is 20.3 Å². The standard InChI is InChI=1S/C14H20N6O3S2/c1-2-3-16-14(24)25-9-4-15-12-11(20(21)22)13(18-10-17-12)19-5-7-23-8-6-19/h2,10H,1,3-9H2,(H,16,24)(H,15,17,18). The van der Waals surface area contributed by atoms with Gasteiger partial charge in [0, 0.05) is 31.9 Å². The van der Waals surface area contributed by atoms with Crippen LogP contribution in [0.5, 0.6) is 0 Å². The van der Waals surface area contributed by atoms with E-state index >= 15 is 0 Å². The molecule has 1 aliphatic rings. The smallest absolute Gasteiger partial charge is 0.353 e. The van der Waals surface area contributed by atoms with E-state index in [9.17, 15) is 10.1 Å². The SMILES string of the molecule is C=CCNC(=S)SCCNc1ncnc(N2CCOCC2)c1[N+](=O)[O-]. The van der Waals surface area contributed by atoms with Gasteiger partial charge in [-0.3, -0.25) is 10.1 Å². The first-order valence-electron chi connectivity index (χ1n) is 7.71. The number of morpholine rings is 1. The summed E-state index contributed by atoms with van der Waals surface area (Å²) in [6.45, 7) is 6.88. The average Bonchev–Trinajstić information content (AvgIpc) is 2.63. The minimum absolute atomic E-state index is 0.109. The molecule has 9 nitrogen and oxygen atoms in total. The summed E-state index contributed by atoms with van der Waals surface area (Å²) in [5.74, 6) is 1.19. The van der Waals surface area contributed by atoms with Gasteiger partial charge in [0.25, 0.3) is 0 Å². The van der Waals surface area contributed by atoms with Gasteiger partial charge >= 0.3 is 5.69 Å². The lowest BCUT2D eigenvalue weighted by atomic mass is 10.3. The van der Waals surface area contributed by atoms with Gasteiger partial charge in [-0.1, -0.05) is 30.1 Å². The number of thioether (sulfide) groups is 1. The normalized spacial score (nSPS) is 14.0. The van der Waals surface area contributed by atoms with Crippen molar-refractivity contribution in [3.63, 3.8) is 0 Å². The van der Waals surface area contributed by atoms with E-state index in [2.05, 4.69) is 27.2 Å². The van der Waals surface area contributed by atoms with Crippen LogP contribution in [0.4, 0.5) is 17.3 Å². The molecular formula is C14H20N6O3S2. The number of anilines is 2. The Bertz CT molecular complexity index is 625. The molecule has 0 amide bonds. The maximum atomic E-state index is 11.5. The number of nitro groups is 1. The summed E-state index contributed by atoms with van der Waals surface area (Å²) in [4.78, 5) is 21.1. The third-order valence-electron chi connectivity index (χ3n) is 3.31. The molecule has 0 spiro atoms. The Hall–Kier alpha value is -1.98. The van der Waals surface area contributed by atoms with Crippen molar-refractivity contribution < 1.29 is 9.66 Å². The molecule has 11 heteroatoms. The lowest BCUT2D eigenvalue weighted by molar-refractivity contribution is -0.383. The number of nitrogens with one attached hydrogen (secondary N) is 2. The van der Waals surface area contributed by atoms with Crippen molar-refractivity contribution in [1.29, 1.82) is 0 Å². The van der Waals surface area contributed by atoms with E-state index < -0.39 is 4.92 Å². The van der Waals surface area contributed by atoms with Crippen LogP contribution in [-0.2, 0) is 4.74 Å². The highest BCUT2D eigenvalue weighted by Gasteiger charge is 2.27. The van der Waals surface area contributed by atoms with Crippen molar-refractivity contribution in [1.82, 2.24) is 15.3 Å². The predicted octanol–water partition coefficient (Wildman–Crippen LogP) is 1.43. The molecule has 0 bridgehead atoms. The minimum atomic E-state index is -0.448. The Morgan fingerprint density at radius 2 is 2.28 bits per heavy atom. The topological polar surface area (TPSA) is 105 Å². The highest BCUT2D eigenvalue weighted by molar-refractivity contribution is 8.22. The molecule has 1 aromatic heterocycles. The van der Waals surface area contributed by atoms with Gasteiger partial charge in [-0.05, 0) is 0 Å². The monoisotopic (exact) mass is 384 g/mol. The lowest BCUT2D eigenvalue weighted by Gasteiger charge is -2.27. The maximum absolute atomic E-state index is 11.5. The highest BCUT2D eigenvalue weighted by atomic mass is 32.2. The number of aromatic nitrogens is 2. The van der Waals surface area contributed by atoms with Crippen LogP contribution in [0.15, 0.2) is 19.0 Å². The number of nitrogens with zero attached hydrogens (tertiary/aromatic N) is 4. The fourth-order valence-electron chi connectivity index (χ4n) is 2.19. The van der Waals surface area contributed by atoms with Gasteiger partial charge in [-0.25, -0.2) is 9.97 Å². The third kappa shape index (κ3) is 5.80. The Morgan fingerprint density at radius 3 is 2.96 bits per heavy atom. The van der Waals surface area contributed by atoms with Crippen LogP contribution in [0.1, 0.15) is 0 Å². The zero-order chi connectivity index (χ0) is 18.1. The number of hydrogen-bond acceptors (Lipinski definition) is 9. The first-order chi connectivity index (χ1) is 12.1. The zero-order valence-corrected chi connectivity index (χ0v) is 15.3. The first kappa shape index (κ1) is 19.3. The quantitative estimate of drug-likeness (QED) is 0.225.